The Hall–Kier alpha value is -5.90. The van der Waals surface area contributed by atoms with E-state index in [0.717, 1.165) is 39.8 Å². The number of methoxy groups -OCH3 is 4. The molecular weight excluding hydrogens is 640 g/mol. The van der Waals surface area contributed by atoms with E-state index < -0.39 is 11.9 Å². The number of rotatable bonds is 14. The molecule has 0 saturated carbocycles. The smallest absolute Gasteiger partial charge is 0.341 e. The molecule has 0 heterocycles. The number of phenols is 2. The van der Waals surface area contributed by atoms with Gasteiger partial charge in [-0.1, -0.05) is 36.4 Å². The van der Waals surface area contributed by atoms with Gasteiger partial charge in [0.25, 0.3) is 0 Å². The highest BCUT2D eigenvalue weighted by Gasteiger charge is 2.24. The first-order valence-corrected chi connectivity index (χ1v) is 15.6. The van der Waals surface area contributed by atoms with Crippen molar-refractivity contribution < 1.29 is 48.2 Å². The number of benzene rings is 4. The molecule has 4 aromatic carbocycles. The molecule has 0 amide bonds. The molecule has 4 aromatic rings. The van der Waals surface area contributed by atoms with Crippen molar-refractivity contribution in [2.24, 2.45) is 0 Å². The van der Waals surface area contributed by atoms with E-state index in [1.807, 2.05) is 55.5 Å². The molecule has 0 bridgehead atoms. The fourth-order valence-corrected chi connectivity index (χ4v) is 5.08. The summed E-state index contributed by atoms with van der Waals surface area (Å²) in [4.78, 5) is 24.2. The molecule has 0 aliphatic heterocycles. The Morgan fingerprint density at radius 2 is 1.06 bits per heavy atom. The number of carbonyl (C=O) groups excluding carboxylic acids is 2. The fourth-order valence-electron chi connectivity index (χ4n) is 5.08. The summed E-state index contributed by atoms with van der Waals surface area (Å²) in [7, 11) is 5.85. The van der Waals surface area contributed by atoms with E-state index in [0.29, 0.717) is 47.6 Å². The first-order valence-electron chi connectivity index (χ1n) is 15.6. The minimum Gasteiger partial charge on any atom is -0.508 e. The van der Waals surface area contributed by atoms with Gasteiger partial charge < -0.3 is 38.6 Å². The molecule has 264 valence electrons. The lowest BCUT2D eigenvalue weighted by Gasteiger charge is -2.20. The number of hydrogen-bond donors (Lipinski definition) is 2. The Kier molecular flexibility index (Phi) is 14.3. The van der Waals surface area contributed by atoms with Crippen LogP contribution in [0.4, 0.5) is 0 Å². The van der Waals surface area contributed by atoms with Crippen LogP contribution in [-0.4, -0.2) is 50.6 Å². The van der Waals surface area contributed by atoms with Crippen LogP contribution in [0.5, 0.6) is 34.5 Å². The SMILES string of the molecule is C=CCc1c(C)c(O)cc(O)c1C(=O)OC.C=CCc1c(C)c(OCc2ccc(OC)cc2)cc(OCc2ccc(OC)cc2)c1C(=O)OC. The van der Waals surface area contributed by atoms with Crippen LogP contribution in [0.3, 0.4) is 0 Å². The van der Waals surface area contributed by atoms with E-state index in [4.69, 9.17) is 23.7 Å². The highest BCUT2D eigenvalue weighted by molar-refractivity contribution is 5.95. The lowest BCUT2D eigenvalue weighted by Crippen LogP contribution is -2.12. The predicted octanol–water partition coefficient (Wildman–Crippen LogP) is 7.61. The second-order valence-corrected chi connectivity index (χ2v) is 11.0. The highest BCUT2D eigenvalue weighted by Crippen LogP contribution is 2.36. The van der Waals surface area contributed by atoms with Gasteiger partial charge in [-0.25, -0.2) is 9.59 Å². The van der Waals surface area contributed by atoms with Crippen LogP contribution in [0.2, 0.25) is 0 Å². The second kappa shape index (κ2) is 18.6. The molecule has 10 heteroatoms. The quantitative estimate of drug-likeness (QED) is 0.101. The van der Waals surface area contributed by atoms with Gasteiger partial charge in [-0.2, -0.15) is 0 Å². The van der Waals surface area contributed by atoms with Crippen molar-refractivity contribution in [3.05, 3.63) is 130 Å². The van der Waals surface area contributed by atoms with E-state index in [2.05, 4.69) is 17.9 Å². The summed E-state index contributed by atoms with van der Waals surface area (Å²) < 4.78 is 32.3. The standard InChI is InChI=1S/C28H30O6.C12H14O4/c1-6-7-24-19(2)25(33-17-20-8-12-22(30-3)13-9-20)16-26(27(24)28(29)32-5)34-18-21-10-14-23(31-4)15-11-21;1-4-5-8-7(2)9(13)6-10(14)11(8)12(15)16-3/h6,8-16H,1,7,17-18H2,2-5H3;4,6,13-14H,1,5H2,2-3H3. The van der Waals surface area contributed by atoms with Crippen LogP contribution in [0, 0.1) is 13.8 Å². The molecule has 10 nitrogen and oxygen atoms in total. The van der Waals surface area contributed by atoms with Crippen LogP contribution in [0.25, 0.3) is 0 Å². The molecule has 0 aliphatic rings. The Bertz CT molecular complexity index is 1790. The number of ether oxygens (including phenoxy) is 6. The van der Waals surface area contributed by atoms with Gasteiger partial charge in [0.15, 0.2) is 0 Å². The summed E-state index contributed by atoms with van der Waals surface area (Å²) in [6, 6.07) is 18.1. The Balaban J connectivity index is 0.000000354. The number of hydrogen-bond acceptors (Lipinski definition) is 10. The first kappa shape index (κ1) is 38.5. The zero-order valence-electron chi connectivity index (χ0n) is 29.3. The maximum Gasteiger partial charge on any atom is 0.341 e. The Morgan fingerprint density at radius 3 is 1.50 bits per heavy atom. The average molecular weight is 685 g/mol. The lowest BCUT2D eigenvalue weighted by molar-refractivity contribution is 0.0585. The molecule has 0 saturated heterocycles. The molecule has 0 unspecified atom stereocenters. The summed E-state index contributed by atoms with van der Waals surface area (Å²) in [5, 5.41) is 19.2. The molecule has 0 atom stereocenters. The number of allylic oxidation sites excluding steroid dienone is 2. The van der Waals surface area contributed by atoms with Gasteiger partial charge in [0, 0.05) is 12.1 Å². The molecule has 0 aliphatic carbocycles. The zero-order valence-corrected chi connectivity index (χ0v) is 29.3. The maximum absolute atomic E-state index is 12.7. The third-order valence-electron chi connectivity index (χ3n) is 7.88. The summed E-state index contributed by atoms with van der Waals surface area (Å²) in [6.07, 6.45) is 4.18. The van der Waals surface area contributed by atoms with Gasteiger partial charge in [0.1, 0.15) is 58.8 Å². The van der Waals surface area contributed by atoms with Crippen molar-refractivity contribution in [1.82, 2.24) is 0 Å². The second-order valence-electron chi connectivity index (χ2n) is 11.0. The molecular formula is C40H44O10. The Labute approximate surface area is 293 Å². The van der Waals surface area contributed by atoms with E-state index in [1.54, 1.807) is 39.4 Å². The van der Waals surface area contributed by atoms with Crippen molar-refractivity contribution in [3.63, 3.8) is 0 Å². The molecule has 0 spiro atoms. The van der Waals surface area contributed by atoms with Crippen LogP contribution in [0.1, 0.15) is 54.1 Å². The maximum atomic E-state index is 12.7. The minimum absolute atomic E-state index is 0.0537. The molecule has 50 heavy (non-hydrogen) atoms. The summed E-state index contributed by atoms with van der Waals surface area (Å²) in [5.41, 5.74) is 5.05. The van der Waals surface area contributed by atoms with Crippen LogP contribution < -0.4 is 18.9 Å². The Morgan fingerprint density at radius 1 is 0.620 bits per heavy atom. The van der Waals surface area contributed by atoms with Gasteiger partial charge in [0.05, 0.1) is 28.4 Å². The lowest BCUT2D eigenvalue weighted by atomic mass is 9.97. The summed E-state index contributed by atoms with van der Waals surface area (Å²) in [5.74, 6) is 1.14. The van der Waals surface area contributed by atoms with Crippen molar-refractivity contribution >= 4 is 11.9 Å². The van der Waals surface area contributed by atoms with E-state index in [-0.39, 0.29) is 23.7 Å². The molecule has 2 N–H and O–H groups in total. The third kappa shape index (κ3) is 9.59. The number of aromatic hydroxyl groups is 2. The molecule has 0 aromatic heterocycles. The summed E-state index contributed by atoms with van der Waals surface area (Å²) in [6.45, 7) is 11.6. The number of carbonyl (C=O) groups is 2. The number of esters is 2. The van der Waals surface area contributed by atoms with E-state index in [9.17, 15) is 19.8 Å². The average Bonchev–Trinajstić information content (AvgIpc) is 3.13. The van der Waals surface area contributed by atoms with E-state index in [1.165, 1.54) is 14.2 Å². The van der Waals surface area contributed by atoms with Crippen LogP contribution in [0.15, 0.2) is 86.0 Å². The monoisotopic (exact) mass is 684 g/mol. The third-order valence-corrected chi connectivity index (χ3v) is 7.88. The molecule has 4 rings (SSSR count). The zero-order chi connectivity index (χ0) is 36.8. The first-order chi connectivity index (χ1) is 24.0. The predicted molar refractivity (Wildman–Crippen MR) is 191 cm³/mol. The summed E-state index contributed by atoms with van der Waals surface area (Å²) >= 11 is 0. The van der Waals surface area contributed by atoms with Crippen LogP contribution in [-0.2, 0) is 35.5 Å². The largest absolute Gasteiger partial charge is 0.508 e. The van der Waals surface area contributed by atoms with Crippen LogP contribution >= 0.6 is 0 Å². The van der Waals surface area contributed by atoms with Crippen molar-refractivity contribution in [3.8, 4) is 34.5 Å². The molecule has 0 fully saturated rings. The van der Waals surface area contributed by atoms with Crippen molar-refractivity contribution in [1.29, 1.82) is 0 Å². The normalized spacial score (nSPS) is 10.2. The van der Waals surface area contributed by atoms with Gasteiger partial charge in [-0.3, -0.25) is 0 Å². The van der Waals surface area contributed by atoms with Crippen molar-refractivity contribution in [2.75, 3.05) is 28.4 Å². The number of phenolic OH excluding ortho intramolecular Hbond substituents is 2. The van der Waals surface area contributed by atoms with Gasteiger partial charge >= 0.3 is 11.9 Å². The topological polar surface area (TPSA) is 130 Å². The van der Waals surface area contributed by atoms with Gasteiger partial charge in [-0.05, 0) is 84.3 Å². The van der Waals surface area contributed by atoms with Crippen molar-refractivity contribution in [2.45, 2.75) is 39.9 Å². The van der Waals surface area contributed by atoms with Gasteiger partial charge in [-0.15, -0.1) is 13.2 Å². The minimum atomic E-state index is -0.627. The van der Waals surface area contributed by atoms with E-state index >= 15 is 0 Å². The molecule has 0 radical (unpaired) electrons. The van der Waals surface area contributed by atoms with Gasteiger partial charge in [0.2, 0.25) is 0 Å². The highest BCUT2D eigenvalue weighted by atomic mass is 16.5. The fraction of sp³-hybridized carbons (Fsp3) is 0.250.